The van der Waals surface area contributed by atoms with E-state index in [1.54, 1.807) is 23.5 Å². The summed E-state index contributed by atoms with van der Waals surface area (Å²) in [6, 6.07) is 16.7. The van der Waals surface area contributed by atoms with Crippen molar-refractivity contribution in [3.05, 3.63) is 74.9 Å². The number of thiazole rings is 1. The predicted molar refractivity (Wildman–Crippen MR) is 121 cm³/mol. The number of nitro benzene ring substituents is 1. The Morgan fingerprint density at radius 2 is 1.75 bits per heavy atom. The second-order valence-corrected chi connectivity index (χ2v) is 7.20. The van der Waals surface area contributed by atoms with Gasteiger partial charge < -0.3 is 4.57 Å². The molecule has 0 radical (unpaired) electrons. The Labute approximate surface area is 179 Å². The van der Waals surface area contributed by atoms with Crippen molar-refractivity contribution in [2.45, 2.75) is 39.2 Å². The second kappa shape index (κ2) is 10.9. The zero-order valence-electron chi connectivity index (χ0n) is 15.8. The van der Waals surface area contributed by atoms with Gasteiger partial charge in [0.2, 0.25) is 0 Å². The number of aromatic nitrogens is 1. The fourth-order valence-corrected chi connectivity index (χ4v) is 3.88. The maximum absolute atomic E-state index is 10.9. The Morgan fingerprint density at radius 1 is 1.04 bits per heavy atom. The van der Waals surface area contributed by atoms with E-state index in [0.717, 1.165) is 34.7 Å². The number of nitrogens with zero attached hydrogens (tertiary/aromatic N) is 3. The van der Waals surface area contributed by atoms with Crippen molar-refractivity contribution in [1.82, 2.24) is 4.57 Å². The second-order valence-electron chi connectivity index (χ2n) is 6.37. The molecule has 28 heavy (non-hydrogen) atoms. The van der Waals surface area contributed by atoms with Gasteiger partial charge in [0.05, 0.1) is 16.3 Å². The molecule has 0 N–H and O–H groups in total. The Kier molecular flexibility index (Phi) is 8.60. The number of unbranched alkanes of at least 4 members (excludes halogenated alkanes) is 3. The van der Waals surface area contributed by atoms with E-state index in [4.69, 9.17) is 4.99 Å². The van der Waals surface area contributed by atoms with Crippen molar-refractivity contribution in [3.8, 4) is 11.3 Å². The van der Waals surface area contributed by atoms with Crippen LogP contribution in [0.4, 0.5) is 11.4 Å². The number of halogens is 1. The van der Waals surface area contributed by atoms with E-state index in [2.05, 4.69) is 16.9 Å². The third kappa shape index (κ3) is 5.62. The molecular formula is C21H24BrN3O2S. The highest BCUT2D eigenvalue weighted by Crippen LogP contribution is 2.24. The minimum absolute atomic E-state index is 0. The molecule has 0 saturated carbocycles. The van der Waals surface area contributed by atoms with Crippen LogP contribution in [0.5, 0.6) is 0 Å². The van der Waals surface area contributed by atoms with E-state index in [1.165, 1.54) is 19.3 Å². The standard InChI is InChI=1S/C21H23N3O2S.BrH/c1-2-3-4-8-15-23-20(17-11-13-19(14-12-17)24(25)26)16-27-21(23)22-18-9-6-5-7-10-18;/h5-7,9-14,16H,2-4,8,15H2,1H3;1H. The van der Waals surface area contributed by atoms with Gasteiger partial charge in [0, 0.05) is 24.1 Å². The molecule has 3 rings (SSSR count). The lowest BCUT2D eigenvalue weighted by atomic mass is 10.1. The van der Waals surface area contributed by atoms with Gasteiger partial charge in [-0.15, -0.1) is 28.3 Å². The van der Waals surface area contributed by atoms with Gasteiger partial charge in [-0.25, -0.2) is 4.99 Å². The number of rotatable bonds is 8. The van der Waals surface area contributed by atoms with Crippen LogP contribution >= 0.6 is 28.3 Å². The van der Waals surface area contributed by atoms with Crippen LogP contribution in [0.3, 0.4) is 0 Å². The van der Waals surface area contributed by atoms with Gasteiger partial charge in [0.25, 0.3) is 5.69 Å². The molecule has 0 saturated heterocycles. The molecule has 0 spiro atoms. The Hall–Kier alpha value is -2.25. The number of para-hydroxylation sites is 1. The molecule has 0 amide bonds. The topological polar surface area (TPSA) is 60.4 Å². The number of hydrogen-bond donors (Lipinski definition) is 0. The van der Waals surface area contributed by atoms with Gasteiger partial charge in [-0.3, -0.25) is 10.1 Å². The fourth-order valence-electron chi connectivity index (χ4n) is 2.93. The van der Waals surface area contributed by atoms with E-state index in [0.29, 0.717) is 0 Å². The lowest BCUT2D eigenvalue weighted by Gasteiger charge is -2.09. The van der Waals surface area contributed by atoms with E-state index >= 15 is 0 Å². The average molecular weight is 462 g/mol. The molecule has 3 aromatic rings. The summed E-state index contributed by atoms with van der Waals surface area (Å²) in [4.78, 5) is 16.3. The third-order valence-corrected chi connectivity index (χ3v) is 5.25. The molecule has 2 aromatic carbocycles. The smallest absolute Gasteiger partial charge is 0.269 e. The summed E-state index contributed by atoms with van der Waals surface area (Å²) in [5.74, 6) is 0. The molecule has 0 aliphatic heterocycles. The number of non-ortho nitro benzene ring substituents is 1. The first-order valence-corrected chi connectivity index (χ1v) is 10.1. The van der Waals surface area contributed by atoms with Gasteiger partial charge in [-0.05, 0) is 36.2 Å². The normalized spacial score (nSPS) is 11.2. The van der Waals surface area contributed by atoms with Crippen molar-refractivity contribution in [3.63, 3.8) is 0 Å². The van der Waals surface area contributed by atoms with Crippen LogP contribution < -0.4 is 4.80 Å². The van der Waals surface area contributed by atoms with Crippen molar-refractivity contribution >= 4 is 39.7 Å². The minimum Gasteiger partial charge on any atom is -0.316 e. The lowest BCUT2D eigenvalue weighted by molar-refractivity contribution is -0.384. The molecular weight excluding hydrogens is 438 g/mol. The molecule has 0 unspecified atom stereocenters. The van der Waals surface area contributed by atoms with Gasteiger partial charge in [-0.2, -0.15) is 0 Å². The Balaban J connectivity index is 0.00000280. The van der Waals surface area contributed by atoms with Crippen molar-refractivity contribution in [2.75, 3.05) is 0 Å². The highest BCUT2D eigenvalue weighted by Gasteiger charge is 2.10. The number of benzene rings is 2. The maximum Gasteiger partial charge on any atom is 0.269 e. The first kappa shape index (κ1) is 22.0. The van der Waals surface area contributed by atoms with Gasteiger partial charge >= 0.3 is 0 Å². The Bertz CT molecular complexity index is 950. The summed E-state index contributed by atoms with van der Waals surface area (Å²) in [5, 5.41) is 13.0. The predicted octanol–water partition coefficient (Wildman–Crippen LogP) is 6.52. The Morgan fingerprint density at radius 3 is 2.39 bits per heavy atom. The molecule has 1 heterocycles. The highest BCUT2D eigenvalue weighted by atomic mass is 79.9. The van der Waals surface area contributed by atoms with Gasteiger partial charge in [-0.1, -0.05) is 44.4 Å². The van der Waals surface area contributed by atoms with Crippen LogP contribution in [0.15, 0.2) is 65.0 Å². The summed E-state index contributed by atoms with van der Waals surface area (Å²) in [6.07, 6.45) is 4.70. The van der Waals surface area contributed by atoms with E-state index in [9.17, 15) is 10.1 Å². The van der Waals surface area contributed by atoms with Crippen LogP contribution in [-0.2, 0) is 6.54 Å². The van der Waals surface area contributed by atoms with Crippen LogP contribution in [0.2, 0.25) is 0 Å². The lowest BCUT2D eigenvalue weighted by Crippen LogP contribution is -2.16. The largest absolute Gasteiger partial charge is 0.316 e. The molecule has 0 atom stereocenters. The van der Waals surface area contributed by atoms with Gasteiger partial charge in [0.1, 0.15) is 0 Å². The van der Waals surface area contributed by atoms with Crippen molar-refractivity contribution < 1.29 is 4.92 Å². The van der Waals surface area contributed by atoms with Gasteiger partial charge in [0.15, 0.2) is 4.80 Å². The fraction of sp³-hybridized carbons (Fsp3) is 0.286. The minimum atomic E-state index is -0.369. The SMILES string of the molecule is Br.CCCCCCn1c(-c2ccc([N+](=O)[O-])cc2)csc1=Nc1ccccc1. The molecule has 5 nitrogen and oxygen atoms in total. The summed E-state index contributed by atoms with van der Waals surface area (Å²) >= 11 is 1.60. The average Bonchev–Trinajstić information content (AvgIpc) is 3.08. The molecule has 0 bridgehead atoms. The zero-order valence-corrected chi connectivity index (χ0v) is 18.3. The van der Waals surface area contributed by atoms with E-state index < -0.39 is 0 Å². The van der Waals surface area contributed by atoms with Crippen LogP contribution in [-0.4, -0.2) is 9.49 Å². The maximum atomic E-state index is 10.9. The first-order chi connectivity index (χ1) is 13.2. The zero-order chi connectivity index (χ0) is 19.1. The monoisotopic (exact) mass is 461 g/mol. The number of nitro groups is 1. The summed E-state index contributed by atoms with van der Waals surface area (Å²) in [7, 11) is 0. The van der Waals surface area contributed by atoms with Crippen LogP contribution in [0, 0.1) is 10.1 Å². The summed E-state index contributed by atoms with van der Waals surface area (Å²) < 4.78 is 2.23. The highest BCUT2D eigenvalue weighted by molar-refractivity contribution is 8.93. The summed E-state index contributed by atoms with van der Waals surface area (Å²) in [6.45, 7) is 3.09. The van der Waals surface area contributed by atoms with Crippen molar-refractivity contribution in [2.24, 2.45) is 4.99 Å². The van der Waals surface area contributed by atoms with E-state index in [1.807, 2.05) is 42.5 Å². The van der Waals surface area contributed by atoms with E-state index in [-0.39, 0.29) is 27.6 Å². The molecule has 0 aliphatic carbocycles. The third-order valence-electron chi connectivity index (χ3n) is 4.39. The van der Waals surface area contributed by atoms with Crippen molar-refractivity contribution in [1.29, 1.82) is 0 Å². The first-order valence-electron chi connectivity index (χ1n) is 9.22. The summed E-state index contributed by atoms with van der Waals surface area (Å²) in [5.41, 5.74) is 3.07. The molecule has 1 aromatic heterocycles. The van der Waals surface area contributed by atoms with Crippen LogP contribution in [0.1, 0.15) is 32.6 Å². The molecule has 148 valence electrons. The molecule has 0 fully saturated rings. The quantitative estimate of drug-likeness (QED) is 0.218. The van der Waals surface area contributed by atoms with Crippen LogP contribution in [0.25, 0.3) is 11.3 Å². The molecule has 0 aliphatic rings. The molecule has 7 heteroatoms. The number of hydrogen-bond acceptors (Lipinski definition) is 4.